The minimum absolute atomic E-state index is 0.103. The van der Waals surface area contributed by atoms with E-state index in [4.69, 9.17) is 9.31 Å². The van der Waals surface area contributed by atoms with Gasteiger partial charge in [-0.1, -0.05) is 6.07 Å². The van der Waals surface area contributed by atoms with Crippen molar-refractivity contribution < 1.29 is 9.31 Å². The van der Waals surface area contributed by atoms with Gasteiger partial charge in [-0.2, -0.15) is 0 Å². The molecule has 1 saturated heterocycles. The van der Waals surface area contributed by atoms with Crippen LogP contribution in [0.1, 0.15) is 32.6 Å². The first-order chi connectivity index (χ1) is 6.91. The van der Waals surface area contributed by atoms with Gasteiger partial charge in [-0.05, 0) is 39.1 Å². The first-order valence-electron chi connectivity index (χ1n) is 5.29. The maximum Gasteiger partial charge on any atom is 0.463 e. The topological polar surface area (TPSA) is 18.5 Å². The molecule has 1 aromatic rings. The summed E-state index contributed by atoms with van der Waals surface area (Å²) in [6.45, 7) is 8.34. The first kappa shape index (κ1) is 11.2. The summed E-state index contributed by atoms with van der Waals surface area (Å²) in [6, 6.07) is 4.18. The highest BCUT2D eigenvalue weighted by atomic mass is 32.1. The van der Waals surface area contributed by atoms with Crippen molar-refractivity contribution in [3.63, 3.8) is 0 Å². The average molecular weight is 224 g/mol. The summed E-state index contributed by atoms with van der Waals surface area (Å²) in [5, 5.41) is 2.08. The summed E-state index contributed by atoms with van der Waals surface area (Å²) in [5.41, 5.74) is -0.427. The Kier molecular flexibility index (Phi) is 2.69. The highest BCUT2D eigenvalue weighted by molar-refractivity contribution is 7.10. The van der Waals surface area contributed by atoms with Crippen molar-refractivity contribution in [1.29, 1.82) is 0 Å². The molecule has 0 saturated carbocycles. The lowest BCUT2D eigenvalue weighted by atomic mass is 9.84. The van der Waals surface area contributed by atoms with Crippen molar-refractivity contribution in [1.82, 2.24) is 0 Å². The minimum atomic E-state index is -0.213. The Balaban J connectivity index is 2.04. The van der Waals surface area contributed by atoms with Crippen molar-refractivity contribution >= 4 is 18.5 Å². The maximum absolute atomic E-state index is 5.92. The Morgan fingerprint density at radius 3 is 2.27 bits per heavy atom. The molecule has 0 spiro atoms. The Morgan fingerprint density at radius 2 is 1.80 bits per heavy atom. The zero-order valence-electron chi connectivity index (χ0n) is 9.74. The van der Waals surface area contributed by atoms with E-state index in [0.29, 0.717) is 0 Å². The van der Waals surface area contributed by atoms with Crippen LogP contribution >= 0.6 is 11.3 Å². The Hall–Kier alpha value is -0.315. The van der Waals surface area contributed by atoms with Crippen LogP contribution in [-0.4, -0.2) is 18.3 Å². The Morgan fingerprint density at radius 1 is 1.20 bits per heavy atom. The van der Waals surface area contributed by atoms with Gasteiger partial charge in [0.15, 0.2) is 0 Å². The van der Waals surface area contributed by atoms with Gasteiger partial charge in [0.2, 0.25) is 0 Å². The van der Waals surface area contributed by atoms with Crippen LogP contribution in [-0.2, 0) is 15.6 Å². The van der Waals surface area contributed by atoms with Gasteiger partial charge in [-0.25, -0.2) is 0 Å². The van der Waals surface area contributed by atoms with Crippen molar-refractivity contribution in [2.45, 2.75) is 45.2 Å². The fourth-order valence-electron chi connectivity index (χ4n) is 1.64. The molecule has 0 aliphatic carbocycles. The van der Waals surface area contributed by atoms with E-state index in [1.807, 2.05) is 0 Å². The summed E-state index contributed by atoms with van der Waals surface area (Å²) < 4.78 is 11.8. The van der Waals surface area contributed by atoms with Crippen molar-refractivity contribution in [3.05, 3.63) is 22.4 Å². The van der Waals surface area contributed by atoms with Crippen molar-refractivity contribution in [2.75, 3.05) is 0 Å². The van der Waals surface area contributed by atoms with Gasteiger partial charge >= 0.3 is 7.12 Å². The van der Waals surface area contributed by atoms with Gasteiger partial charge in [-0.3, -0.25) is 0 Å². The van der Waals surface area contributed by atoms with Crippen LogP contribution in [0.3, 0.4) is 0 Å². The number of hydrogen-bond donors (Lipinski definition) is 0. The van der Waals surface area contributed by atoms with Gasteiger partial charge in [-0.15, -0.1) is 11.3 Å². The molecule has 0 unspecified atom stereocenters. The predicted octanol–water partition coefficient (Wildman–Crippen LogP) is 2.92. The average Bonchev–Trinajstić information content (AvgIpc) is 2.59. The molecule has 15 heavy (non-hydrogen) atoms. The Bertz CT molecular complexity index is 316. The number of rotatable bonds is 2. The van der Waals surface area contributed by atoms with Crippen LogP contribution in [0.4, 0.5) is 0 Å². The van der Waals surface area contributed by atoms with Gasteiger partial charge in [0.1, 0.15) is 0 Å². The summed E-state index contributed by atoms with van der Waals surface area (Å²) in [6.07, 6.45) is 0.852. The molecular formula is C11H17BO2S. The quantitative estimate of drug-likeness (QED) is 0.719. The van der Waals surface area contributed by atoms with E-state index in [1.165, 1.54) is 4.88 Å². The van der Waals surface area contributed by atoms with E-state index in [2.05, 4.69) is 45.2 Å². The summed E-state index contributed by atoms with van der Waals surface area (Å²) in [4.78, 5) is 1.31. The molecule has 1 aliphatic rings. The van der Waals surface area contributed by atoms with Gasteiger partial charge < -0.3 is 9.31 Å². The normalized spacial score (nSPS) is 23.3. The van der Waals surface area contributed by atoms with Crippen LogP contribution < -0.4 is 0 Å². The van der Waals surface area contributed by atoms with Crippen molar-refractivity contribution in [3.8, 4) is 0 Å². The highest BCUT2D eigenvalue weighted by Crippen LogP contribution is 2.37. The molecule has 0 radical (unpaired) electrons. The predicted molar refractivity (Wildman–Crippen MR) is 64.1 cm³/mol. The van der Waals surface area contributed by atoms with E-state index < -0.39 is 0 Å². The summed E-state index contributed by atoms with van der Waals surface area (Å²) in [7, 11) is -0.103. The molecule has 2 heterocycles. The lowest BCUT2D eigenvalue weighted by molar-refractivity contribution is 0.00578. The van der Waals surface area contributed by atoms with Crippen LogP contribution in [0.25, 0.3) is 0 Å². The first-order valence-corrected chi connectivity index (χ1v) is 6.17. The summed E-state index contributed by atoms with van der Waals surface area (Å²) >= 11 is 1.75. The maximum atomic E-state index is 5.92. The molecule has 2 rings (SSSR count). The van der Waals surface area contributed by atoms with E-state index in [0.717, 1.165) is 6.32 Å². The molecule has 0 atom stereocenters. The molecule has 4 heteroatoms. The molecule has 0 aromatic carbocycles. The van der Waals surface area contributed by atoms with Gasteiger partial charge in [0.25, 0.3) is 0 Å². The fourth-order valence-corrected chi connectivity index (χ4v) is 2.36. The van der Waals surface area contributed by atoms with E-state index in [-0.39, 0.29) is 18.3 Å². The number of hydrogen-bond acceptors (Lipinski definition) is 3. The molecule has 1 aliphatic heterocycles. The van der Waals surface area contributed by atoms with E-state index in [9.17, 15) is 0 Å². The standard InChI is InChI=1S/C11H17BO2S/c1-10(2)11(3,4)14-12(13-10)8-9-6-5-7-15-9/h5-7H,8H2,1-4H3. The third kappa shape index (κ3) is 2.12. The summed E-state index contributed by atoms with van der Waals surface area (Å²) in [5.74, 6) is 0. The van der Waals surface area contributed by atoms with E-state index in [1.54, 1.807) is 11.3 Å². The fraction of sp³-hybridized carbons (Fsp3) is 0.636. The number of thiophene rings is 1. The second-order valence-corrected chi connectivity index (χ2v) is 6.00. The second kappa shape index (κ2) is 3.61. The molecule has 2 nitrogen and oxygen atoms in total. The monoisotopic (exact) mass is 224 g/mol. The lowest BCUT2D eigenvalue weighted by Crippen LogP contribution is -2.41. The lowest BCUT2D eigenvalue weighted by Gasteiger charge is -2.32. The van der Waals surface area contributed by atoms with Gasteiger partial charge in [0.05, 0.1) is 11.2 Å². The zero-order chi connectivity index (χ0) is 11.1. The molecule has 0 amide bonds. The molecular weight excluding hydrogens is 207 g/mol. The van der Waals surface area contributed by atoms with Crippen LogP contribution in [0.2, 0.25) is 0 Å². The van der Waals surface area contributed by atoms with Crippen LogP contribution in [0, 0.1) is 0 Å². The largest absolute Gasteiger partial charge is 0.463 e. The highest BCUT2D eigenvalue weighted by Gasteiger charge is 2.50. The van der Waals surface area contributed by atoms with Gasteiger partial charge in [0, 0.05) is 11.2 Å². The van der Waals surface area contributed by atoms with Crippen LogP contribution in [0.5, 0.6) is 0 Å². The molecule has 82 valence electrons. The second-order valence-electron chi connectivity index (χ2n) is 4.97. The Labute approximate surface area is 95.7 Å². The van der Waals surface area contributed by atoms with E-state index >= 15 is 0 Å². The van der Waals surface area contributed by atoms with Crippen molar-refractivity contribution in [2.24, 2.45) is 0 Å². The molecule has 0 bridgehead atoms. The molecule has 0 N–H and O–H groups in total. The molecule has 1 fully saturated rings. The SMILES string of the molecule is CC1(C)OB(Cc2cccs2)OC1(C)C. The third-order valence-electron chi connectivity index (χ3n) is 3.25. The smallest absolute Gasteiger partial charge is 0.403 e. The minimum Gasteiger partial charge on any atom is -0.403 e. The molecule has 1 aromatic heterocycles. The van der Waals surface area contributed by atoms with Crippen LogP contribution in [0.15, 0.2) is 17.5 Å². The third-order valence-corrected chi connectivity index (χ3v) is 4.15. The zero-order valence-corrected chi connectivity index (χ0v) is 10.6.